The van der Waals surface area contributed by atoms with E-state index >= 15 is 0 Å². The molecule has 0 amide bonds. The van der Waals surface area contributed by atoms with Gasteiger partial charge in [-0.05, 0) is 12.8 Å². The molecular weight excluding hydrogens is 234 g/mol. The van der Waals surface area contributed by atoms with Crippen molar-refractivity contribution < 1.29 is 9.26 Å². The van der Waals surface area contributed by atoms with Crippen LogP contribution < -0.4 is 0 Å². The Morgan fingerprint density at radius 3 is 3.22 bits per heavy atom. The standard InChI is InChI=1S/C11H15N5O2/c1(4-16-8-12-7-13-16)2-10-14-11(15-18-10)9-3-5-17-6-9/h7-9H,1-6H2/t9-/m1/s1. The summed E-state index contributed by atoms with van der Waals surface area (Å²) in [4.78, 5) is 8.30. The van der Waals surface area contributed by atoms with E-state index in [1.165, 1.54) is 6.33 Å². The number of hydrogen-bond acceptors (Lipinski definition) is 6. The van der Waals surface area contributed by atoms with Crippen molar-refractivity contribution in [3.8, 4) is 0 Å². The van der Waals surface area contributed by atoms with Crippen molar-refractivity contribution in [2.45, 2.75) is 31.7 Å². The second-order valence-electron chi connectivity index (χ2n) is 4.37. The fraction of sp³-hybridized carbons (Fsp3) is 0.636. The fourth-order valence-electron chi connectivity index (χ4n) is 2.01. The van der Waals surface area contributed by atoms with E-state index in [1.54, 1.807) is 11.0 Å². The lowest BCUT2D eigenvalue weighted by atomic mass is 10.1. The van der Waals surface area contributed by atoms with Crippen LogP contribution in [0.4, 0.5) is 0 Å². The molecule has 2 aromatic rings. The van der Waals surface area contributed by atoms with Crippen molar-refractivity contribution in [1.29, 1.82) is 0 Å². The van der Waals surface area contributed by atoms with E-state index in [-0.39, 0.29) is 0 Å². The zero-order chi connectivity index (χ0) is 12.2. The van der Waals surface area contributed by atoms with Gasteiger partial charge in [0.05, 0.1) is 6.61 Å². The average Bonchev–Trinajstić information content (AvgIpc) is 3.12. The Morgan fingerprint density at radius 1 is 1.44 bits per heavy atom. The van der Waals surface area contributed by atoms with Gasteiger partial charge in [-0.2, -0.15) is 10.1 Å². The van der Waals surface area contributed by atoms with Gasteiger partial charge in [0.15, 0.2) is 5.82 Å². The highest BCUT2D eigenvalue weighted by atomic mass is 16.5. The number of aromatic nitrogens is 5. The van der Waals surface area contributed by atoms with E-state index in [0.29, 0.717) is 18.4 Å². The maximum atomic E-state index is 5.31. The zero-order valence-electron chi connectivity index (χ0n) is 10.0. The molecule has 96 valence electrons. The number of hydrogen-bond donors (Lipinski definition) is 0. The predicted molar refractivity (Wildman–Crippen MR) is 60.8 cm³/mol. The van der Waals surface area contributed by atoms with E-state index in [1.807, 2.05) is 0 Å². The van der Waals surface area contributed by atoms with Crippen LogP contribution in [0, 0.1) is 0 Å². The zero-order valence-corrected chi connectivity index (χ0v) is 10.0. The quantitative estimate of drug-likeness (QED) is 0.779. The summed E-state index contributed by atoms with van der Waals surface area (Å²) in [5, 5.41) is 8.05. The first-order valence-electron chi connectivity index (χ1n) is 6.14. The molecule has 2 aromatic heterocycles. The summed E-state index contributed by atoms with van der Waals surface area (Å²) >= 11 is 0. The molecule has 1 aliphatic heterocycles. The molecular formula is C11H15N5O2. The first kappa shape index (κ1) is 11.3. The third-order valence-electron chi connectivity index (χ3n) is 3.02. The molecule has 0 aliphatic carbocycles. The average molecular weight is 249 g/mol. The topological polar surface area (TPSA) is 78.9 Å². The molecule has 18 heavy (non-hydrogen) atoms. The Hall–Kier alpha value is -1.76. The van der Waals surface area contributed by atoms with Crippen molar-refractivity contribution in [1.82, 2.24) is 24.9 Å². The third-order valence-corrected chi connectivity index (χ3v) is 3.02. The number of aryl methyl sites for hydroxylation is 2. The Balaban J connectivity index is 1.50. The molecule has 0 radical (unpaired) electrons. The van der Waals surface area contributed by atoms with Crippen LogP contribution in [-0.4, -0.2) is 38.1 Å². The summed E-state index contributed by atoms with van der Waals surface area (Å²) in [7, 11) is 0. The number of nitrogens with zero attached hydrogens (tertiary/aromatic N) is 5. The minimum atomic E-state index is 0.304. The van der Waals surface area contributed by atoms with Gasteiger partial charge in [-0.1, -0.05) is 5.16 Å². The van der Waals surface area contributed by atoms with Crippen molar-refractivity contribution in [2.75, 3.05) is 13.2 Å². The molecule has 1 fully saturated rings. The van der Waals surface area contributed by atoms with Crippen molar-refractivity contribution in [2.24, 2.45) is 0 Å². The lowest BCUT2D eigenvalue weighted by Crippen LogP contribution is -2.01. The second-order valence-corrected chi connectivity index (χ2v) is 4.37. The predicted octanol–water partition coefficient (Wildman–Crippen LogP) is 0.798. The Morgan fingerprint density at radius 2 is 2.44 bits per heavy atom. The van der Waals surface area contributed by atoms with Gasteiger partial charge in [0.2, 0.25) is 5.89 Å². The molecule has 1 atom stereocenters. The lowest BCUT2D eigenvalue weighted by Gasteiger charge is -1.98. The molecule has 1 saturated heterocycles. The second kappa shape index (κ2) is 5.26. The summed E-state index contributed by atoms with van der Waals surface area (Å²) < 4.78 is 12.3. The summed E-state index contributed by atoms with van der Waals surface area (Å²) in [6, 6.07) is 0. The summed E-state index contributed by atoms with van der Waals surface area (Å²) in [6.45, 7) is 2.31. The highest BCUT2D eigenvalue weighted by molar-refractivity contribution is 4.97. The van der Waals surface area contributed by atoms with E-state index in [4.69, 9.17) is 9.26 Å². The van der Waals surface area contributed by atoms with Gasteiger partial charge < -0.3 is 9.26 Å². The van der Waals surface area contributed by atoms with E-state index in [2.05, 4.69) is 20.2 Å². The largest absolute Gasteiger partial charge is 0.381 e. The van der Waals surface area contributed by atoms with Crippen LogP contribution >= 0.6 is 0 Å². The minimum absolute atomic E-state index is 0.304. The van der Waals surface area contributed by atoms with Crippen LogP contribution in [-0.2, 0) is 17.7 Å². The molecule has 0 bridgehead atoms. The van der Waals surface area contributed by atoms with Crippen molar-refractivity contribution in [3.63, 3.8) is 0 Å². The minimum Gasteiger partial charge on any atom is -0.381 e. The molecule has 0 saturated carbocycles. The van der Waals surface area contributed by atoms with Gasteiger partial charge in [-0.25, -0.2) is 4.98 Å². The van der Waals surface area contributed by atoms with Crippen molar-refractivity contribution >= 4 is 0 Å². The van der Waals surface area contributed by atoms with Crippen LogP contribution in [0.1, 0.15) is 30.5 Å². The monoisotopic (exact) mass is 249 g/mol. The van der Waals surface area contributed by atoms with E-state index in [0.717, 1.165) is 38.2 Å². The molecule has 3 rings (SSSR count). The van der Waals surface area contributed by atoms with Gasteiger partial charge >= 0.3 is 0 Å². The van der Waals surface area contributed by atoms with Crippen LogP contribution in [0.25, 0.3) is 0 Å². The van der Waals surface area contributed by atoms with E-state index < -0.39 is 0 Å². The van der Waals surface area contributed by atoms with Crippen LogP contribution in [0.15, 0.2) is 17.2 Å². The fourth-order valence-corrected chi connectivity index (χ4v) is 2.01. The Kier molecular flexibility index (Phi) is 3.31. The van der Waals surface area contributed by atoms with Gasteiger partial charge in [-0.3, -0.25) is 4.68 Å². The first-order valence-corrected chi connectivity index (χ1v) is 6.14. The van der Waals surface area contributed by atoms with Crippen LogP contribution in [0.3, 0.4) is 0 Å². The van der Waals surface area contributed by atoms with Crippen LogP contribution in [0.2, 0.25) is 0 Å². The van der Waals surface area contributed by atoms with E-state index in [9.17, 15) is 0 Å². The Bertz CT molecular complexity index is 475. The maximum Gasteiger partial charge on any atom is 0.226 e. The van der Waals surface area contributed by atoms with Crippen LogP contribution in [0.5, 0.6) is 0 Å². The van der Waals surface area contributed by atoms with Gasteiger partial charge in [0.25, 0.3) is 0 Å². The molecule has 0 aromatic carbocycles. The highest BCUT2D eigenvalue weighted by Crippen LogP contribution is 2.22. The maximum absolute atomic E-state index is 5.31. The first-order chi connectivity index (χ1) is 8.92. The number of ether oxygens (including phenoxy) is 1. The normalized spacial score (nSPS) is 19.4. The van der Waals surface area contributed by atoms with Gasteiger partial charge in [0, 0.05) is 25.5 Å². The molecule has 7 nitrogen and oxygen atoms in total. The highest BCUT2D eigenvalue weighted by Gasteiger charge is 2.22. The Labute approximate surface area is 104 Å². The third kappa shape index (κ3) is 2.56. The summed E-state index contributed by atoms with van der Waals surface area (Å²) in [5.74, 6) is 1.78. The molecule has 0 unspecified atom stereocenters. The van der Waals surface area contributed by atoms with Gasteiger partial charge in [0.1, 0.15) is 12.7 Å². The molecule has 1 aliphatic rings. The van der Waals surface area contributed by atoms with Gasteiger partial charge in [-0.15, -0.1) is 0 Å². The molecule has 0 N–H and O–H groups in total. The van der Waals surface area contributed by atoms with Crippen molar-refractivity contribution in [3.05, 3.63) is 24.4 Å². The molecule has 0 spiro atoms. The smallest absolute Gasteiger partial charge is 0.226 e. The lowest BCUT2D eigenvalue weighted by molar-refractivity contribution is 0.192. The SMILES string of the molecule is c1ncn(CCCc2nc([C@@H]3CCOC3)no2)n1. The summed E-state index contributed by atoms with van der Waals surface area (Å²) in [6.07, 6.45) is 5.89. The molecule has 7 heteroatoms. The summed E-state index contributed by atoms with van der Waals surface area (Å²) in [5.41, 5.74) is 0. The molecule has 3 heterocycles. The number of rotatable bonds is 5.